The molecule has 106 valence electrons. The minimum Gasteiger partial charge on any atom is -0.496 e. The fourth-order valence-electron chi connectivity index (χ4n) is 2.11. The number of aryl methyl sites for hydroxylation is 1. The van der Waals surface area contributed by atoms with Crippen molar-refractivity contribution in [2.75, 3.05) is 7.11 Å². The van der Waals surface area contributed by atoms with E-state index in [9.17, 15) is 4.79 Å². The standard InChI is InChI=1S/C16H20N2O2/c1-5-11-8-12-13(9-14(11)20-4)17-15(18-16(12)19)7-6-10(2)3/h5,8-10H,1,6-7H2,2-4H3,(H,17,18,19). The lowest BCUT2D eigenvalue weighted by Gasteiger charge is -2.08. The molecule has 20 heavy (non-hydrogen) atoms. The second-order valence-electron chi connectivity index (χ2n) is 5.26. The summed E-state index contributed by atoms with van der Waals surface area (Å²) < 4.78 is 5.30. The first kappa shape index (κ1) is 14.3. The summed E-state index contributed by atoms with van der Waals surface area (Å²) in [5.41, 5.74) is 1.34. The molecule has 0 fully saturated rings. The monoisotopic (exact) mass is 272 g/mol. The van der Waals surface area contributed by atoms with Gasteiger partial charge >= 0.3 is 0 Å². The Kier molecular flexibility index (Phi) is 4.23. The van der Waals surface area contributed by atoms with E-state index in [0.29, 0.717) is 22.6 Å². The van der Waals surface area contributed by atoms with Crippen molar-refractivity contribution in [3.05, 3.63) is 40.5 Å². The largest absolute Gasteiger partial charge is 0.496 e. The Bertz CT molecular complexity index is 687. The zero-order valence-electron chi connectivity index (χ0n) is 12.2. The molecule has 0 radical (unpaired) electrons. The van der Waals surface area contributed by atoms with Crippen LogP contribution in [0.5, 0.6) is 5.75 Å². The number of aromatic nitrogens is 2. The molecule has 0 saturated carbocycles. The molecule has 1 heterocycles. The highest BCUT2D eigenvalue weighted by Gasteiger charge is 2.09. The van der Waals surface area contributed by atoms with Crippen molar-refractivity contribution in [2.45, 2.75) is 26.7 Å². The molecule has 0 spiro atoms. The van der Waals surface area contributed by atoms with Crippen LogP contribution >= 0.6 is 0 Å². The number of nitrogens with one attached hydrogen (secondary N) is 1. The van der Waals surface area contributed by atoms with Gasteiger partial charge in [0, 0.05) is 18.1 Å². The van der Waals surface area contributed by atoms with Crippen molar-refractivity contribution in [3.8, 4) is 5.75 Å². The highest BCUT2D eigenvalue weighted by molar-refractivity contribution is 5.83. The fraction of sp³-hybridized carbons (Fsp3) is 0.375. The summed E-state index contributed by atoms with van der Waals surface area (Å²) in [7, 11) is 1.60. The zero-order chi connectivity index (χ0) is 14.7. The lowest BCUT2D eigenvalue weighted by Crippen LogP contribution is -2.13. The molecule has 1 aromatic heterocycles. The van der Waals surface area contributed by atoms with Crippen LogP contribution in [0.15, 0.2) is 23.5 Å². The minimum atomic E-state index is -0.112. The summed E-state index contributed by atoms with van der Waals surface area (Å²) >= 11 is 0. The number of nitrogens with zero attached hydrogens (tertiary/aromatic N) is 1. The Hall–Kier alpha value is -2.10. The molecule has 1 N–H and O–H groups in total. The van der Waals surface area contributed by atoms with Gasteiger partial charge < -0.3 is 9.72 Å². The van der Waals surface area contributed by atoms with Gasteiger partial charge in [-0.2, -0.15) is 0 Å². The number of ether oxygens (including phenoxy) is 1. The molecule has 0 atom stereocenters. The number of H-pyrrole nitrogens is 1. The number of fused-ring (bicyclic) bond motifs is 1. The molecule has 4 heteroatoms. The second kappa shape index (κ2) is 5.90. The maximum absolute atomic E-state index is 12.1. The molecule has 0 aliphatic carbocycles. The Morgan fingerprint density at radius 3 is 2.80 bits per heavy atom. The number of hydrogen-bond acceptors (Lipinski definition) is 3. The van der Waals surface area contributed by atoms with Crippen LogP contribution < -0.4 is 10.3 Å². The van der Waals surface area contributed by atoms with Gasteiger partial charge in [0.05, 0.1) is 18.0 Å². The zero-order valence-corrected chi connectivity index (χ0v) is 12.2. The fourth-order valence-corrected chi connectivity index (χ4v) is 2.11. The molecule has 0 unspecified atom stereocenters. The number of rotatable bonds is 5. The lowest BCUT2D eigenvalue weighted by molar-refractivity contribution is 0.414. The van der Waals surface area contributed by atoms with Crippen molar-refractivity contribution in [2.24, 2.45) is 5.92 Å². The molecule has 2 rings (SSSR count). The van der Waals surface area contributed by atoms with Gasteiger partial charge in [-0.05, 0) is 18.4 Å². The Labute approximate surface area is 118 Å². The molecule has 4 nitrogen and oxygen atoms in total. The van der Waals surface area contributed by atoms with E-state index in [-0.39, 0.29) is 5.56 Å². The average molecular weight is 272 g/mol. The number of methoxy groups -OCH3 is 1. The van der Waals surface area contributed by atoms with E-state index in [1.807, 2.05) is 0 Å². The molecule has 2 aromatic rings. The quantitative estimate of drug-likeness (QED) is 0.909. The number of aromatic amines is 1. The molecule has 0 bridgehead atoms. The van der Waals surface area contributed by atoms with Crippen LogP contribution in [-0.2, 0) is 6.42 Å². The first-order chi connectivity index (χ1) is 9.55. The summed E-state index contributed by atoms with van der Waals surface area (Å²) in [4.78, 5) is 19.5. The maximum Gasteiger partial charge on any atom is 0.258 e. The van der Waals surface area contributed by atoms with Gasteiger partial charge in [0.15, 0.2) is 0 Å². The van der Waals surface area contributed by atoms with Gasteiger partial charge in [0.1, 0.15) is 11.6 Å². The highest BCUT2D eigenvalue weighted by atomic mass is 16.5. The van der Waals surface area contributed by atoms with E-state index in [0.717, 1.165) is 24.2 Å². The topological polar surface area (TPSA) is 55.0 Å². The highest BCUT2D eigenvalue weighted by Crippen LogP contribution is 2.24. The lowest BCUT2D eigenvalue weighted by atomic mass is 10.1. The van der Waals surface area contributed by atoms with Crippen molar-refractivity contribution in [1.29, 1.82) is 0 Å². The molecular formula is C16H20N2O2. The van der Waals surface area contributed by atoms with Crippen LogP contribution in [0.2, 0.25) is 0 Å². The average Bonchev–Trinajstić information content (AvgIpc) is 2.43. The smallest absolute Gasteiger partial charge is 0.258 e. The molecular weight excluding hydrogens is 252 g/mol. The van der Waals surface area contributed by atoms with Gasteiger partial charge in [0.25, 0.3) is 5.56 Å². The van der Waals surface area contributed by atoms with E-state index >= 15 is 0 Å². The van der Waals surface area contributed by atoms with Crippen LogP contribution in [0.3, 0.4) is 0 Å². The third-order valence-corrected chi connectivity index (χ3v) is 3.28. The van der Waals surface area contributed by atoms with Crippen molar-refractivity contribution in [1.82, 2.24) is 9.97 Å². The third-order valence-electron chi connectivity index (χ3n) is 3.28. The third kappa shape index (κ3) is 2.90. The van der Waals surface area contributed by atoms with Gasteiger partial charge in [-0.25, -0.2) is 4.98 Å². The van der Waals surface area contributed by atoms with Crippen LogP contribution in [0.4, 0.5) is 0 Å². The minimum absolute atomic E-state index is 0.112. The van der Waals surface area contributed by atoms with Crippen molar-refractivity contribution < 1.29 is 4.74 Å². The van der Waals surface area contributed by atoms with Gasteiger partial charge in [-0.1, -0.05) is 26.5 Å². The predicted octanol–water partition coefficient (Wildman–Crippen LogP) is 3.16. The van der Waals surface area contributed by atoms with Crippen LogP contribution in [0.25, 0.3) is 17.0 Å². The van der Waals surface area contributed by atoms with E-state index in [1.165, 1.54) is 0 Å². The van der Waals surface area contributed by atoms with Gasteiger partial charge in [-0.3, -0.25) is 4.79 Å². The molecule has 0 saturated heterocycles. The summed E-state index contributed by atoms with van der Waals surface area (Å²) in [5.74, 6) is 1.98. The summed E-state index contributed by atoms with van der Waals surface area (Å²) in [6, 6.07) is 3.56. The van der Waals surface area contributed by atoms with E-state index < -0.39 is 0 Å². The summed E-state index contributed by atoms with van der Waals surface area (Å²) in [6.45, 7) is 8.03. The van der Waals surface area contributed by atoms with Crippen molar-refractivity contribution >= 4 is 17.0 Å². The SMILES string of the molecule is C=Cc1cc2c(=O)[nH]c(CCC(C)C)nc2cc1OC. The van der Waals surface area contributed by atoms with Gasteiger partial charge in [0.2, 0.25) is 0 Å². The Morgan fingerprint density at radius 2 is 2.20 bits per heavy atom. The van der Waals surface area contributed by atoms with Crippen LogP contribution in [0.1, 0.15) is 31.7 Å². The Morgan fingerprint density at radius 1 is 1.45 bits per heavy atom. The number of benzene rings is 1. The van der Waals surface area contributed by atoms with E-state index in [2.05, 4.69) is 30.4 Å². The number of hydrogen-bond donors (Lipinski definition) is 1. The molecule has 0 aliphatic rings. The Balaban J connectivity index is 2.53. The van der Waals surface area contributed by atoms with E-state index in [4.69, 9.17) is 4.74 Å². The molecule has 1 aromatic carbocycles. The molecule has 0 amide bonds. The van der Waals surface area contributed by atoms with Gasteiger partial charge in [-0.15, -0.1) is 0 Å². The maximum atomic E-state index is 12.1. The van der Waals surface area contributed by atoms with E-state index in [1.54, 1.807) is 25.3 Å². The molecule has 0 aliphatic heterocycles. The van der Waals surface area contributed by atoms with Crippen LogP contribution in [0, 0.1) is 5.92 Å². The summed E-state index contributed by atoms with van der Waals surface area (Å²) in [6.07, 6.45) is 3.44. The predicted molar refractivity (Wildman–Crippen MR) is 82.2 cm³/mol. The summed E-state index contributed by atoms with van der Waals surface area (Å²) in [5, 5.41) is 0.564. The first-order valence-electron chi connectivity index (χ1n) is 6.78. The normalized spacial score (nSPS) is 11.0. The van der Waals surface area contributed by atoms with Crippen LogP contribution in [-0.4, -0.2) is 17.1 Å². The second-order valence-corrected chi connectivity index (χ2v) is 5.26. The van der Waals surface area contributed by atoms with Crippen molar-refractivity contribution in [3.63, 3.8) is 0 Å². The first-order valence-corrected chi connectivity index (χ1v) is 6.78.